The molecule has 0 aliphatic heterocycles. The molecule has 0 fully saturated rings. The lowest BCUT2D eigenvalue weighted by atomic mass is 9.89. The molecule has 0 spiro atoms. The normalized spacial score (nSPS) is 12.7. The minimum Gasteiger partial charge on any atom is -0.495 e. The SMILES string of the molecule is COc1cc(C(=O)O)ccc1NSc1csc(-c2ccc(-c3ccc4c(c3)CCCC4)cc2)n1. The Hall–Kier alpha value is -3.29. The molecule has 0 radical (unpaired) electrons. The Bertz CT molecular complexity index is 1330. The lowest BCUT2D eigenvalue weighted by molar-refractivity contribution is 0.0696. The number of hydrogen-bond acceptors (Lipinski definition) is 6. The van der Waals surface area contributed by atoms with Gasteiger partial charge in [0.1, 0.15) is 15.8 Å². The molecule has 1 aromatic heterocycles. The molecule has 1 aliphatic rings. The second kappa shape index (κ2) is 9.91. The molecule has 7 heteroatoms. The van der Waals surface area contributed by atoms with E-state index in [1.54, 1.807) is 23.5 Å². The maximum absolute atomic E-state index is 11.2. The van der Waals surface area contributed by atoms with Crippen molar-refractivity contribution in [3.63, 3.8) is 0 Å². The summed E-state index contributed by atoms with van der Waals surface area (Å²) in [5, 5.41) is 12.9. The van der Waals surface area contributed by atoms with Gasteiger partial charge in [-0.15, -0.1) is 11.3 Å². The molecular formula is C27H24N2O3S2. The number of nitrogens with one attached hydrogen (secondary N) is 1. The zero-order chi connectivity index (χ0) is 23.5. The van der Waals surface area contributed by atoms with Gasteiger partial charge in [-0.3, -0.25) is 0 Å². The average Bonchev–Trinajstić information content (AvgIpc) is 3.36. The van der Waals surface area contributed by atoms with Crippen molar-refractivity contribution in [3.8, 4) is 27.4 Å². The van der Waals surface area contributed by atoms with Crippen LogP contribution in [0.2, 0.25) is 0 Å². The molecule has 2 N–H and O–H groups in total. The first-order valence-electron chi connectivity index (χ1n) is 11.1. The van der Waals surface area contributed by atoms with Crippen molar-refractivity contribution in [2.75, 3.05) is 11.8 Å². The van der Waals surface area contributed by atoms with Crippen molar-refractivity contribution in [1.29, 1.82) is 0 Å². The van der Waals surface area contributed by atoms with Gasteiger partial charge in [-0.2, -0.15) is 0 Å². The number of methoxy groups -OCH3 is 1. The van der Waals surface area contributed by atoms with Crippen LogP contribution in [0, 0.1) is 0 Å². The van der Waals surface area contributed by atoms with Gasteiger partial charge >= 0.3 is 5.97 Å². The van der Waals surface area contributed by atoms with Gasteiger partial charge in [-0.25, -0.2) is 9.78 Å². The molecule has 5 rings (SSSR count). The summed E-state index contributed by atoms with van der Waals surface area (Å²) in [6.07, 6.45) is 4.98. The van der Waals surface area contributed by atoms with Crippen LogP contribution < -0.4 is 9.46 Å². The summed E-state index contributed by atoms with van der Waals surface area (Å²) in [5.74, 6) is -0.514. The van der Waals surface area contributed by atoms with Crippen LogP contribution in [0.15, 0.2) is 71.1 Å². The number of carbonyl (C=O) groups is 1. The predicted octanol–water partition coefficient (Wildman–Crippen LogP) is 7.18. The molecule has 172 valence electrons. The van der Waals surface area contributed by atoms with Crippen LogP contribution in [-0.4, -0.2) is 23.2 Å². The lowest BCUT2D eigenvalue weighted by Gasteiger charge is -2.16. The van der Waals surface area contributed by atoms with Crippen molar-refractivity contribution in [2.24, 2.45) is 0 Å². The van der Waals surface area contributed by atoms with E-state index in [0.717, 1.165) is 15.6 Å². The Labute approximate surface area is 207 Å². The molecule has 1 heterocycles. The molecular weight excluding hydrogens is 464 g/mol. The molecule has 0 atom stereocenters. The number of carboxylic acid groups (broad SMARTS) is 1. The number of hydrogen-bond donors (Lipinski definition) is 2. The highest BCUT2D eigenvalue weighted by atomic mass is 32.2. The number of anilines is 1. The Kier molecular flexibility index (Phi) is 6.56. The molecule has 0 unspecified atom stereocenters. The number of fused-ring (bicyclic) bond motifs is 1. The van der Waals surface area contributed by atoms with Crippen LogP contribution in [0.25, 0.3) is 21.7 Å². The van der Waals surface area contributed by atoms with E-state index < -0.39 is 5.97 Å². The Balaban J connectivity index is 1.27. The van der Waals surface area contributed by atoms with Crippen LogP contribution in [-0.2, 0) is 12.8 Å². The summed E-state index contributed by atoms with van der Waals surface area (Å²) >= 11 is 2.96. The predicted molar refractivity (Wildman–Crippen MR) is 139 cm³/mol. The topological polar surface area (TPSA) is 71.5 Å². The molecule has 0 amide bonds. The van der Waals surface area contributed by atoms with Crippen molar-refractivity contribution >= 4 is 34.9 Å². The quantitative estimate of drug-likeness (QED) is 0.268. The summed E-state index contributed by atoms with van der Waals surface area (Å²) in [6.45, 7) is 0. The zero-order valence-corrected chi connectivity index (χ0v) is 20.3. The van der Waals surface area contributed by atoms with Crippen LogP contribution in [0.4, 0.5) is 5.69 Å². The molecule has 3 aromatic carbocycles. The van der Waals surface area contributed by atoms with E-state index in [-0.39, 0.29) is 5.56 Å². The lowest BCUT2D eigenvalue weighted by Crippen LogP contribution is -2.02. The third-order valence-corrected chi connectivity index (χ3v) is 7.79. The monoisotopic (exact) mass is 488 g/mol. The zero-order valence-electron chi connectivity index (χ0n) is 18.7. The maximum atomic E-state index is 11.2. The first-order valence-corrected chi connectivity index (χ1v) is 12.8. The summed E-state index contributed by atoms with van der Waals surface area (Å²) in [4.78, 5) is 15.9. The van der Waals surface area contributed by atoms with Crippen LogP contribution in [0.3, 0.4) is 0 Å². The van der Waals surface area contributed by atoms with Gasteiger partial charge in [0.05, 0.1) is 18.4 Å². The second-order valence-electron chi connectivity index (χ2n) is 8.18. The van der Waals surface area contributed by atoms with Crippen molar-refractivity contribution in [3.05, 3.63) is 82.7 Å². The summed E-state index contributed by atoms with van der Waals surface area (Å²) in [7, 11) is 1.52. The number of benzene rings is 3. The van der Waals surface area contributed by atoms with Gasteiger partial charge < -0.3 is 14.6 Å². The first kappa shape index (κ1) is 22.5. The molecule has 5 nitrogen and oxygen atoms in total. The average molecular weight is 489 g/mol. The number of ether oxygens (including phenoxy) is 1. The van der Waals surface area contributed by atoms with Gasteiger partial charge in [-0.1, -0.05) is 42.5 Å². The highest BCUT2D eigenvalue weighted by molar-refractivity contribution is 8.00. The number of carboxylic acids is 1. The molecule has 1 aliphatic carbocycles. The minimum absolute atomic E-state index is 0.183. The van der Waals surface area contributed by atoms with Gasteiger partial charge in [0, 0.05) is 22.9 Å². The fourth-order valence-electron chi connectivity index (χ4n) is 4.17. The van der Waals surface area contributed by atoms with E-state index in [9.17, 15) is 4.79 Å². The number of aromatic nitrogens is 1. The van der Waals surface area contributed by atoms with E-state index in [2.05, 4.69) is 47.2 Å². The third kappa shape index (κ3) is 4.81. The molecule has 4 aromatic rings. The van der Waals surface area contributed by atoms with Gasteiger partial charge in [0.15, 0.2) is 0 Å². The number of aryl methyl sites for hydroxylation is 2. The Morgan fingerprint density at radius 3 is 2.47 bits per heavy atom. The minimum atomic E-state index is -0.987. The van der Waals surface area contributed by atoms with Crippen molar-refractivity contribution < 1.29 is 14.6 Å². The third-order valence-electron chi connectivity index (χ3n) is 6.01. The highest BCUT2D eigenvalue weighted by Gasteiger charge is 2.12. The van der Waals surface area contributed by atoms with E-state index >= 15 is 0 Å². The number of aromatic carboxylic acids is 1. The summed E-state index contributed by atoms with van der Waals surface area (Å²) in [6, 6.07) is 20.2. The van der Waals surface area contributed by atoms with Crippen LogP contribution in [0.1, 0.15) is 34.3 Å². The smallest absolute Gasteiger partial charge is 0.335 e. The van der Waals surface area contributed by atoms with E-state index in [4.69, 9.17) is 14.8 Å². The number of nitrogens with zero attached hydrogens (tertiary/aromatic N) is 1. The van der Waals surface area contributed by atoms with Crippen molar-refractivity contribution in [2.45, 2.75) is 30.7 Å². The molecule has 0 saturated heterocycles. The number of thiazole rings is 1. The van der Waals surface area contributed by atoms with Gasteiger partial charge in [0.2, 0.25) is 0 Å². The molecule has 34 heavy (non-hydrogen) atoms. The number of rotatable bonds is 7. The highest BCUT2D eigenvalue weighted by Crippen LogP contribution is 2.34. The van der Waals surface area contributed by atoms with E-state index in [0.29, 0.717) is 11.4 Å². The fraction of sp³-hybridized carbons (Fsp3) is 0.185. The molecule has 0 bridgehead atoms. The summed E-state index contributed by atoms with van der Waals surface area (Å²) in [5.41, 5.74) is 7.46. The van der Waals surface area contributed by atoms with Crippen molar-refractivity contribution in [1.82, 2.24) is 4.98 Å². The molecule has 0 saturated carbocycles. The van der Waals surface area contributed by atoms with Gasteiger partial charge in [-0.05, 0) is 66.1 Å². The Morgan fingerprint density at radius 2 is 1.71 bits per heavy atom. The fourth-order valence-corrected chi connectivity index (χ4v) is 5.78. The maximum Gasteiger partial charge on any atom is 0.335 e. The second-order valence-corrected chi connectivity index (χ2v) is 9.87. The van der Waals surface area contributed by atoms with Gasteiger partial charge in [0.25, 0.3) is 0 Å². The first-order chi connectivity index (χ1) is 16.6. The summed E-state index contributed by atoms with van der Waals surface area (Å²) < 4.78 is 8.53. The van der Waals surface area contributed by atoms with Crippen LogP contribution in [0.5, 0.6) is 5.75 Å². The van der Waals surface area contributed by atoms with Crippen LogP contribution >= 0.6 is 23.3 Å². The Morgan fingerprint density at radius 1 is 0.971 bits per heavy atom. The van der Waals surface area contributed by atoms with E-state index in [1.807, 2.05) is 5.38 Å². The largest absolute Gasteiger partial charge is 0.495 e. The van der Waals surface area contributed by atoms with E-state index in [1.165, 1.54) is 73.1 Å². The standard InChI is InChI=1S/C27H24N2O3S2/c1-32-24-15-22(27(30)31)12-13-23(24)29-34-25-16-33-26(28-25)19-9-6-18(7-10-19)21-11-8-17-4-2-3-5-20(17)14-21/h6-16,29H,2-5H2,1H3,(H,30,31).